The van der Waals surface area contributed by atoms with Gasteiger partial charge in [0.1, 0.15) is 0 Å². The first kappa shape index (κ1) is 18.4. The number of aromatic nitrogens is 1. The van der Waals surface area contributed by atoms with Crippen molar-refractivity contribution in [2.45, 2.75) is 16.9 Å². The van der Waals surface area contributed by atoms with Gasteiger partial charge in [-0.15, -0.1) is 0 Å². The molecular weight excluding hydrogens is 385 g/mol. The molecule has 1 amide bonds. The Labute approximate surface area is 162 Å². The predicted molar refractivity (Wildman–Crippen MR) is 104 cm³/mol. The maximum absolute atomic E-state index is 12.5. The molecule has 0 aliphatic carbocycles. The van der Waals surface area contributed by atoms with Crippen molar-refractivity contribution >= 4 is 39.5 Å². The fourth-order valence-electron chi connectivity index (χ4n) is 3.37. The second-order valence-electron chi connectivity index (χ2n) is 6.27. The van der Waals surface area contributed by atoms with Gasteiger partial charge in [-0.3, -0.25) is 4.79 Å². The summed E-state index contributed by atoms with van der Waals surface area (Å²) in [6.45, 7) is 0.442. The van der Waals surface area contributed by atoms with Crippen LogP contribution < -0.4 is 5.73 Å². The van der Waals surface area contributed by atoms with Crippen LogP contribution in [0.1, 0.15) is 15.9 Å². The number of rotatable bonds is 4. The molecule has 2 N–H and O–H groups in total. The molecule has 0 unspecified atom stereocenters. The third-order valence-electron chi connectivity index (χ3n) is 4.47. The second-order valence-corrected chi connectivity index (χ2v) is 7.41. The summed E-state index contributed by atoms with van der Waals surface area (Å²) in [7, 11) is 0. The van der Waals surface area contributed by atoms with Gasteiger partial charge in [0.2, 0.25) is 5.91 Å². The highest BCUT2D eigenvalue weighted by molar-refractivity contribution is 8.00. The molecule has 0 aliphatic heterocycles. The smallest absolute Gasteiger partial charge is 0.366 e. The number of hydrogen-bond donors (Lipinski definition) is 1. The molecule has 28 heavy (non-hydrogen) atoms. The minimum Gasteiger partial charge on any atom is -0.366 e. The lowest BCUT2D eigenvalue weighted by molar-refractivity contribution is -0.0328. The first-order chi connectivity index (χ1) is 13.3. The van der Waals surface area contributed by atoms with Crippen molar-refractivity contribution in [3.05, 3.63) is 77.9 Å². The molecule has 0 bridgehead atoms. The van der Waals surface area contributed by atoms with Crippen LogP contribution in [0, 0.1) is 6.07 Å². The molecule has 7 heteroatoms. The molecule has 3 nitrogen and oxygen atoms in total. The number of alkyl halides is 3. The molecule has 1 aromatic heterocycles. The van der Waals surface area contributed by atoms with Gasteiger partial charge in [-0.25, -0.2) is 0 Å². The van der Waals surface area contributed by atoms with Crippen LogP contribution in [0.3, 0.4) is 0 Å². The summed E-state index contributed by atoms with van der Waals surface area (Å²) in [6, 6.07) is 20.3. The number of thioether (sulfide) groups is 1. The lowest BCUT2D eigenvalue weighted by Crippen LogP contribution is -2.11. The van der Waals surface area contributed by atoms with Gasteiger partial charge in [0, 0.05) is 27.8 Å². The van der Waals surface area contributed by atoms with E-state index in [1.807, 2.05) is 22.8 Å². The van der Waals surface area contributed by atoms with Gasteiger partial charge in [-0.1, -0.05) is 30.3 Å². The van der Waals surface area contributed by atoms with E-state index in [2.05, 4.69) is 6.07 Å². The molecule has 1 radical (unpaired) electrons. The van der Waals surface area contributed by atoms with Crippen LogP contribution in [0.25, 0.3) is 21.8 Å². The summed E-state index contributed by atoms with van der Waals surface area (Å²) in [5, 5.41) is 1.52. The SMILES string of the molecule is NC(=O)c1cccc2c1c1[c]cccc1n2Cc1ccc(SC(F)(F)F)cc1. The van der Waals surface area contributed by atoms with Crippen molar-refractivity contribution in [2.75, 3.05) is 0 Å². The van der Waals surface area contributed by atoms with E-state index < -0.39 is 11.4 Å². The Morgan fingerprint density at radius 1 is 1.04 bits per heavy atom. The van der Waals surface area contributed by atoms with Crippen molar-refractivity contribution in [1.82, 2.24) is 4.57 Å². The normalized spacial score (nSPS) is 12.0. The number of primary amides is 1. The fourth-order valence-corrected chi connectivity index (χ4v) is 3.90. The summed E-state index contributed by atoms with van der Waals surface area (Å²) < 4.78 is 39.6. The monoisotopic (exact) mass is 399 g/mol. The summed E-state index contributed by atoms with van der Waals surface area (Å²) in [5.74, 6) is -0.518. The molecule has 0 saturated heterocycles. The number of fused-ring (bicyclic) bond motifs is 3. The number of nitrogens with two attached hydrogens (primary N) is 1. The Morgan fingerprint density at radius 3 is 2.43 bits per heavy atom. The Hall–Kier alpha value is -2.93. The molecule has 0 fully saturated rings. The quantitative estimate of drug-likeness (QED) is 0.470. The van der Waals surface area contributed by atoms with Crippen LogP contribution >= 0.6 is 11.8 Å². The predicted octanol–water partition coefficient (Wildman–Crippen LogP) is 5.35. The molecule has 4 aromatic rings. The molecule has 4 rings (SSSR count). The van der Waals surface area contributed by atoms with Crippen molar-refractivity contribution in [3.8, 4) is 0 Å². The summed E-state index contributed by atoms with van der Waals surface area (Å²) in [4.78, 5) is 12.0. The maximum Gasteiger partial charge on any atom is 0.446 e. The lowest BCUT2D eigenvalue weighted by atomic mass is 10.1. The average molecular weight is 399 g/mol. The number of carbonyl (C=O) groups excluding carboxylic acids is 1. The number of carbonyl (C=O) groups is 1. The topological polar surface area (TPSA) is 48.0 Å². The lowest BCUT2D eigenvalue weighted by Gasteiger charge is -2.10. The van der Waals surface area contributed by atoms with E-state index in [1.54, 1.807) is 30.3 Å². The highest BCUT2D eigenvalue weighted by Crippen LogP contribution is 2.37. The number of hydrogen-bond acceptors (Lipinski definition) is 2. The van der Waals surface area contributed by atoms with E-state index in [4.69, 9.17) is 5.73 Å². The van der Waals surface area contributed by atoms with E-state index in [9.17, 15) is 18.0 Å². The van der Waals surface area contributed by atoms with Crippen LogP contribution in [0.2, 0.25) is 0 Å². The fraction of sp³-hybridized carbons (Fsp3) is 0.0952. The Morgan fingerprint density at radius 2 is 1.75 bits per heavy atom. The third-order valence-corrected chi connectivity index (χ3v) is 5.21. The first-order valence-electron chi connectivity index (χ1n) is 8.39. The maximum atomic E-state index is 12.5. The first-order valence-corrected chi connectivity index (χ1v) is 9.21. The number of nitrogens with zero attached hydrogens (tertiary/aromatic N) is 1. The van der Waals surface area contributed by atoms with Crippen LogP contribution in [-0.4, -0.2) is 16.0 Å². The second kappa shape index (κ2) is 6.91. The standard InChI is InChI=1S/C21H14F3N2OS/c22-21(23,24)28-14-10-8-13(9-11-14)12-26-17-6-2-1-4-15(17)19-16(20(25)27)5-3-7-18(19)26/h1-3,5-11H,12H2,(H2,25,27). The summed E-state index contributed by atoms with van der Waals surface area (Å²) >= 11 is -0.135. The summed E-state index contributed by atoms with van der Waals surface area (Å²) in [6.07, 6.45) is 0. The van der Waals surface area contributed by atoms with E-state index in [0.717, 1.165) is 27.4 Å². The van der Waals surface area contributed by atoms with Crippen molar-refractivity contribution < 1.29 is 18.0 Å². The van der Waals surface area contributed by atoms with Crippen molar-refractivity contribution in [3.63, 3.8) is 0 Å². The molecule has 0 aliphatic rings. The molecule has 0 spiro atoms. The van der Waals surface area contributed by atoms with Crippen LogP contribution in [0.4, 0.5) is 13.2 Å². The van der Waals surface area contributed by atoms with Gasteiger partial charge in [0.25, 0.3) is 0 Å². The van der Waals surface area contributed by atoms with Gasteiger partial charge in [-0.2, -0.15) is 13.2 Å². The van der Waals surface area contributed by atoms with Gasteiger partial charge >= 0.3 is 5.51 Å². The van der Waals surface area contributed by atoms with Gasteiger partial charge in [0.15, 0.2) is 0 Å². The minimum atomic E-state index is -4.31. The Kier molecular flexibility index (Phi) is 4.55. The van der Waals surface area contributed by atoms with Gasteiger partial charge in [0.05, 0.1) is 11.0 Å². The molecule has 141 valence electrons. The average Bonchev–Trinajstić information content (AvgIpc) is 2.96. The van der Waals surface area contributed by atoms with Crippen molar-refractivity contribution in [1.29, 1.82) is 0 Å². The molecule has 0 atom stereocenters. The third kappa shape index (κ3) is 3.45. The van der Waals surface area contributed by atoms with Gasteiger partial charge < -0.3 is 10.3 Å². The largest absolute Gasteiger partial charge is 0.446 e. The molecular formula is C21H14F3N2OS. The van der Waals surface area contributed by atoms with Crippen LogP contribution in [0.15, 0.2) is 65.6 Å². The summed E-state index contributed by atoms with van der Waals surface area (Å²) in [5.41, 5.74) is 4.19. The van der Waals surface area contributed by atoms with Crippen LogP contribution in [0.5, 0.6) is 0 Å². The zero-order valence-corrected chi connectivity index (χ0v) is 15.3. The number of halogens is 3. The van der Waals surface area contributed by atoms with E-state index in [-0.39, 0.29) is 16.7 Å². The molecule has 1 heterocycles. The minimum absolute atomic E-state index is 0.135. The molecule has 3 aromatic carbocycles. The van der Waals surface area contributed by atoms with Gasteiger partial charge in [-0.05, 0) is 53.7 Å². The highest BCUT2D eigenvalue weighted by Gasteiger charge is 2.29. The number of benzene rings is 3. The molecule has 0 saturated carbocycles. The van der Waals surface area contributed by atoms with E-state index in [1.165, 1.54) is 12.1 Å². The Balaban J connectivity index is 1.80. The Bertz CT molecular complexity index is 1180. The van der Waals surface area contributed by atoms with Crippen LogP contribution in [-0.2, 0) is 6.54 Å². The zero-order chi connectivity index (χ0) is 19.9. The van der Waals surface area contributed by atoms with Crippen molar-refractivity contribution in [2.24, 2.45) is 5.73 Å². The zero-order valence-electron chi connectivity index (χ0n) is 14.5. The van der Waals surface area contributed by atoms with E-state index >= 15 is 0 Å². The van der Waals surface area contributed by atoms with E-state index in [0.29, 0.717) is 12.1 Å². The number of amides is 1. The highest BCUT2D eigenvalue weighted by atomic mass is 32.2.